The minimum atomic E-state index is -0.887. The van der Waals surface area contributed by atoms with Crippen molar-refractivity contribution in [1.29, 1.82) is 0 Å². The van der Waals surface area contributed by atoms with Crippen LogP contribution in [0.25, 0.3) is 0 Å². The highest BCUT2D eigenvalue weighted by Gasteiger charge is 2.44. The zero-order valence-electron chi connectivity index (χ0n) is 21.0. The van der Waals surface area contributed by atoms with Gasteiger partial charge in [-0.25, -0.2) is 0 Å². The van der Waals surface area contributed by atoms with E-state index < -0.39 is 5.60 Å². The van der Waals surface area contributed by atoms with E-state index in [0.29, 0.717) is 30.5 Å². The number of hydrogen-bond acceptors (Lipinski definition) is 4. The molecular weight excluding hydrogens is 476 g/mol. The van der Waals surface area contributed by atoms with Crippen molar-refractivity contribution >= 4 is 23.4 Å². The Labute approximate surface area is 218 Å². The van der Waals surface area contributed by atoms with Crippen LogP contribution in [-0.4, -0.2) is 66.6 Å². The van der Waals surface area contributed by atoms with Gasteiger partial charge in [0.1, 0.15) is 18.0 Å². The van der Waals surface area contributed by atoms with Crippen LogP contribution >= 0.6 is 11.6 Å². The fourth-order valence-electron chi connectivity index (χ4n) is 5.72. The number of morpholine rings is 1. The van der Waals surface area contributed by atoms with Crippen LogP contribution in [0.1, 0.15) is 42.4 Å². The van der Waals surface area contributed by atoms with Gasteiger partial charge in [0.2, 0.25) is 11.8 Å². The van der Waals surface area contributed by atoms with E-state index in [1.54, 1.807) is 0 Å². The van der Waals surface area contributed by atoms with E-state index in [9.17, 15) is 9.59 Å². The molecule has 0 bridgehead atoms. The van der Waals surface area contributed by atoms with Crippen LogP contribution in [0.3, 0.4) is 0 Å². The minimum absolute atomic E-state index is 0.0594. The van der Waals surface area contributed by atoms with E-state index >= 15 is 0 Å². The molecule has 0 N–H and O–H groups in total. The number of hydrogen-bond donors (Lipinski definition) is 0. The number of likely N-dealkylation sites (tertiary alicyclic amines) is 1. The van der Waals surface area contributed by atoms with E-state index in [1.165, 1.54) is 11.1 Å². The summed E-state index contributed by atoms with van der Waals surface area (Å²) in [5.41, 5.74) is 2.56. The van der Waals surface area contributed by atoms with E-state index in [4.69, 9.17) is 21.1 Å². The van der Waals surface area contributed by atoms with E-state index in [1.807, 2.05) is 47.1 Å². The molecular formula is C29H35ClN2O4. The summed E-state index contributed by atoms with van der Waals surface area (Å²) in [6, 6.07) is 13.8. The number of nitrogens with zero attached hydrogens (tertiary/aromatic N) is 2. The van der Waals surface area contributed by atoms with Gasteiger partial charge in [-0.3, -0.25) is 9.59 Å². The second-order valence-corrected chi connectivity index (χ2v) is 10.9. The number of rotatable bonds is 6. The maximum absolute atomic E-state index is 13.6. The third-order valence-electron chi connectivity index (χ3n) is 7.77. The van der Waals surface area contributed by atoms with Crippen molar-refractivity contribution in [1.82, 2.24) is 9.80 Å². The van der Waals surface area contributed by atoms with E-state index in [-0.39, 0.29) is 30.8 Å². The van der Waals surface area contributed by atoms with Gasteiger partial charge < -0.3 is 19.3 Å². The quantitative estimate of drug-likeness (QED) is 0.576. The first-order valence-corrected chi connectivity index (χ1v) is 13.5. The van der Waals surface area contributed by atoms with Crippen molar-refractivity contribution < 1.29 is 19.1 Å². The molecule has 2 fully saturated rings. The number of carbonyl (C=O) groups is 2. The zero-order valence-corrected chi connectivity index (χ0v) is 21.8. The molecule has 2 aliphatic heterocycles. The molecule has 2 saturated heterocycles. The van der Waals surface area contributed by atoms with Crippen LogP contribution in [0.5, 0.6) is 5.75 Å². The van der Waals surface area contributed by atoms with Gasteiger partial charge in [0.25, 0.3) is 0 Å². The summed E-state index contributed by atoms with van der Waals surface area (Å²) < 4.78 is 12.5. The topological polar surface area (TPSA) is 59.1 Å². The SMILES string of the molecule is Cc1cc(OCC2(CC(=O)N3CCCCC3)CN(C(=O)C3Cc4ccccc4C3)CCO2)ccc1Cl. The minimum Gasteiger partial charge on any atom is -0.490 e. The first-order chi connectivity index (χ1) is 17.4. The molecule has 2 aromatic rings. The molecule has 2 aromatic carbocycles. The average molecular weight is 511 g/mol. The van der Waals surface area contributed by atoms with Crippen LogP contribution in [0.4, 0.5) is 0 Å². The van der Waals surface area contributed by atoms with Crippen molar-refractivity contribution in [2.45, 2.75) is 51.0 Å². The van der Waals surface area contributed by atoms with Gasteiger partial charge in [-0.1, -0.05) is 35.9 Å². The lowest BCUT2D eigenvalue weighted by molar-refractivity contribution is -0.168. The third kappa shape index (κ3) is 5.55. The largest absolute Gasteiger partial charge is 0.490 e. The fourth-order valence-corrected chi connectivity index (χ4v) is 5.84. The van der Waals surface area contributed by atoms with Crippen LogP contribution < -0.4 is 4.74 Å². The highest BCUT2D eigenvalue weighted by atomic mass is 35.5. The molecule has 0 spiro atoms. The lowest BCUT2D eigenvalue weighted by Gasteiger charge is -2.43. The third-order valence-corrected chi connectivity index (χ3v) is 8.20. The number of amides is 2. The number of fused-ring (bicyclic) bond motifs is 1. The number of halogens is 1. The van der Waals surface area contributed by atoms with Crippen molar-refractivity contribution in [2.24, 2.45) is 5.92 Å². The number of ether oxygens (including phenoxy) is 2. The highest BCUT2D eigenvalue weighted by Crippen LogP contribution is 2.32. The molecule has 1 unspecified atom stereocenters. The van der Waals surface area contributed by atoms with E-state index in [0.717, 1.165) is 50.8 Å². The molecule has 0 radical (unpaired) electrons. The average Bonchev–Trinajstić information content (AvgIpc) is 3.34. The summed E-state index contributed by atoms with van der Waals surface area (Å²) in [7, 11) is 0. The van der Waals surface area contributed by atoms with Crippen molar-refractivity contribution in [3.05, 3.63) is 64.2 Å². The molecule has 192 valence electrons. The number of piperidine rings is 1. The Bertz CT molecular complexity index is 1090. The molecule has 5 rings (SSSR count). The molecule has 1 aliphatic carbocycles. The van der Waals surface area contributed by atoms with Crippen LogP contribution in [0, 0.1) is 12.8 Å². The summed E-state index contributed by atoms with van der Waals surface area (Å²) in [6.07, 6.45) is 4.98. The predicted octanol–water partition coefficient (Wildman–Crippen LogP) is 4.44. The van der Waals surface area contributed by atoms with Crippen LogP contribution in [0.15, 0.2) is 42.5 Å². The van der Waals surface area contributed by atoms with Gasteiger partial charge in [-0.15, -0.1) is 0 Å². The van der Waals surface area contributed by atoms with Gasteiger partial charge in [0, 0.05) is 30.6 Å². The Morgan fingerprint density at radius 1 is 1.03 bits per heavy atom. The fraction of sp³-hybridized carbons (Fsp3) is 0.517. The van der Waals surface area contributed by atoms with Gasteiger partial charge >= 0.3 is 0 Å². The van der Waals surface area contributed by atoms with E-state index in [2.05, 4.69) is 12.1 Å². The number of benzene rings is 2. The summed E-state index contributed by atoms with van der Waals surface area (Å²) >= 11 is 6.19. The smallest absolute Gasteiger partial charge is 0.226 e. The zero-order chi connectivity index (χ0) is 25.1. The standard InChI is InChI=1S/C29H35ClN2O4/c1-21-15-25(9-10-26(21)30)35-20-29(18-27(33)31-11-5-2-6-12-31)19-32(13-14-36-29)28(34)24-16-22-7-3-4-8-23(22)17-24/h3-4,7-10,15,24H,2,5-6,11-14,16-20H2,1H3. The van der Waals surface area contributed by atoms with Gasteiger partial charge in [-0.05, 0) is 73.9 Å². The van der Waals surface area contributed by atoms with Crippen LogP contribution in [-0.2, 0) is 27.2 Å². The molecule has 36 heavy (non-hydrogen) atoms. The Balaban J connectivity index is 1.32. The molecule has 2 heterocycles. The molecule has 0 aromatic heterocycles. The van der Waals surface area contributed by atoms with Gasteiger partial charge in [0.15, 0.2) is 0 Å². The predicted molar refractivity (Wildman–Crippen MR) is 139 cm³/mol. The normalized spacial score (nSPS) is 22.4. The number of aryl methyl sites for hydroxylation is 1. The van der Waals surface area contributed by atoms with Gasteiger partial charge in [0.05, 0.1) is 19.6 Å². The summed E-state index contributed by atoms with van der Waals surface area (Å²) in [4.78, 5) is 30.8. The first kappa shape index (κ1) is 25.1. The van der Waals surface area contributed by atoms with Crippen molar-refractivity contribution in [3.63, 3.8) is 0 Å². The molecule has 2 amide bonds. The molecule has 3 aliphatic rings. The summed E-state index contributed by atoms with van der Waals surface area (Å²) in [6.45, 7) is 4.98. The lowest BCUT2D eigenvalue weighted by atomic mass is 9.94. The maximum Gasteiger partial charge on any atom is 0.226 e. The second-order valence-electron chi connectivity index (χ2n) is 10.5. The van der Waals surface area contributed by atoms with Crippen molar-refractivity contribution in [3.8, 4) is 5.75 Å². The summed E-state index contributed by atoms with van der Waals surface area (Å²) in [5, 5.41) is 0.681. The highest BCUT2D eigenvalue weighted by molar-refractivity contribution is 6.31. The Morgan fingerprint density at radius 3 is 2.44 bits per heavy atom. The molecule has 1 atom stereocenters. The summed E-state index contributed by atoms with van der Waals surface area (Å²) in [5.74, 6) is 0.843. The Hall–Kier alpha value is -2.57. The maximum atomic E-state index is 13.6. The molecule has 0 saturated carbocycles. The monoisotopic (exact) mass is 510 g/mol. The van der Waals surface area contributed by atoms with Crippen LogP contribution in [0.2, 0.25) is 5.02 Å². The number of carbonyl (C=O) groups excluding carboxylic acids is 2. The molecule has 6 nitrogen and oxygen atoms in total. The van der Waals surface area contributed by atoms with Crippen molar-refractivity contribution in [2.75, 3.05) is 39.4 Å². The lowest BCUT2D eigenvalue weighted by Crippen LogP contribution is -2.59. The Kier molecular flexibility index (Phi) is 7.54. The molecule has 7 heteroatoms. The van der Waals surface area contributed by atoms with Gasteiger partial charge in [-0.2, -0.15) is 0 Å². The Morgan fingerprint density at radius 2 is 1.75 bits per heavy atom. The second kappa shape index (κ2) is 10.8. The first-order valence-electron chi connectivity index (χ1n) is 13.1.